The molecule has 0 aromatic rings. The predicted molar refractivity (Wildman–Crippen MR) is 104 cm³/mol. The van der Waals surface area contributed by atoms with E-state index >= 15 is 0 Å². The van der Waals surface area contributed by atoms with E-state index in [1.807, 2.05) is 27.7 Å². The van der Waals surface area contributed by atoms with Gasteiger partial charge in [-0.3, -0.25) is 4.90 Å². The Hall–Kier alpha value is -0.340. The Balaban J connectivity index is 0. The molecule has 0 radical (unpaired) electrons. The van der Waals surface area contributed by atoms with E-state index in [-0.39, 0.29) is 0 Å². The average molecular weight is 313 g/mol. The lowest BCUT2D eigenvalue weighted by Gasteiger charge is -2.13. The van der Waals surface area contributed by atoms with E-state index in [0.29, 0.717) is 0 Å². The van der Waals surface area contributed by atoms with Gasteiger partial charge in [-0.2, -0.15) is 0 Å². The summed E-state index contributed by atoms with van der Waals surface area (Å²) in [4.78, 5) is 4.86. The first-order chi connectivity index (χ1) is 10.6. The highest BCUT2D eigenvalue weighted by molar-refractivity contribution is 5.13. The normalized spacial score (nSPS) is 21.2. The molecule has 0 aromatic carbocycles. The first-order valence-corrected chi connectivity index (χ1v) is 9.66. The monoisotopic (exact) mass is 312 g/mol. The molecule has 1 atom stereocenters. The van der Waals surface area contributed by atoms with E-state index in [1.165, 1.54) is 45.6 Å². The van der Waals surface area contributed by atoms with Gasteiger partial charge in [0.15, 0.2) is 0 Å². The smallest absolute Gasteiger partial charge is 0.0199 e. The Labute approximate surface area is 142 Å². The molecule has 2 nitrogen and oxygen atoms in total. The summed E-state index contributed by atoms with van der Waals surface area (Å²) < 4.78 is 0. The van der Waals surface area contributed by atoms with Crippen LogP contribution in [-0.2, 0) is 0 Å². The Morgan fingerprint density at radius 1 is 1.14 bits per heavy atom. The SMILES string of the molecule is CC.CC.CCC1CCN(C)C1.CCN1CC=C(C(C)C)C1. The van der Waals surface area contributed by atoms with Gasteiger partial charge < -0.3 is 4.90 Å². The van der Waals surface area contributed by atoms with Crippen molar-refractivity contribution in [2.24, 2.45) is 11.8 Å². The number of likely N-dealkylation sites (tertiary alicyclic amines) is 1. The molecule has 1 saturated heterocycles. The Morgan fingerprint density at radius 2 is 1.73 bits per heavy atom. The van der Waals surface area contributed by atoms with Crippen LogP contribution < -0.4 is 0 Å². The molecule has 2 heterocycles. The fourth-order valence-corrected chi connectivity index (χ4v) is 2.65. The molecule has 1 unspecified atom stereocenters. The molecule has 2 heteroatoms. The van der Waals surface area contributed by atoms with Gasteiger partial charge in [0.25, 0.3) is 0 Å². The second-order valence-electron chi connectivity index (χ2n) is 6.09. The third-order valence-corrected chi connectivity index (χ3v) is 4.27. The summed E-state index contributed by atoms with van der Waals surface area (Å²) in [7, 11) is 2.20. The van der Waals surface area contributed by atoms with Crippen molar-refractivity contribution in [2.75, 3.05) is 39.8 Å². The third kappa shape index (κ3) is 10.4. The largest absolute Gasteiger partial charge is 0.306 e. The van der Waals surface area contributed by atoms with Gasteiger partial charge >= 0.3 is 0 Å². The molecule has 2 aliphatic rings. The molecule has 1 fully saturated rings. The number of hydrogen-bond acceptors (Lipinski definition) is 2. The zero-order chi connectivity index (χ0) is 17.5. The van der Waals surface area contributed by atoms with Crippen molar-refractivity contribution in [2.45, 2.75) is 68.2 Å². The van der Waals surface area contributed by atoms with Crippen LogP contribution in [0.2, 0.25) is 0 Å². The van der Waals surface area contributed by atoms with Gasteiger partial charge in [0.1, 0.15) is 0 Å². The van der Waals surface area contributed by atoms with E-state index in [2.05, 4.69) is 50.6 Å². The van der Waals surface area contributed by atoms with Crippen LogP contribution in [0.25, 0.3) is 0 Å². The zero-order valence-electron chi connectivity index (χ0n) is 17.1. The van der Waals surface area contributed by atoms with E-state index in [9.17, 15) is 0 Å². The van der Waals surface area contributed by atoms with Crippen LogP contribution in [0.3, 0.4) is 0 Å². The maximum Gasteiger partial charge on any atom is 0.0199 e. The van der Waals surface area contributed by atoms with E-state index in [1.54, 1.807) is 5.57 Å². The predicted octanol–water partition coefficient (Wildman–Crippen LogP) is 5.30. The Morgan fingerprint density at radius 3 is 1.95 bits per heavy atom. The number of likely N-dealkylation sites (N-methyl/N-ethyl adjacent to an activating group) is 1. The molecule has 0 aliphatic carbocycles. The minimum Gasteiger partial charge on any atom is -0.306 e. The zero-order valence-corrected chi connectivity index (χ0v) is 17.1. The summed E-state index contributed by atoms with van der Waals surface area (Å²) in [6, 6.07) is 0. The first-order valence-electron chi connectivity index (χ1n) is 9.66. The molecule has 0 saturated carbocycles. The van der Waals surface area contributed by atoms with E-state index in [4.69, 9.17) is 0 Å². The number of rotatable bonds is 3. The van der Waals surface area contributed by atoms with Gasteiger partial charge in [-0.05, 0) is 38.4 Å². The number of hydrogen-bond donors (Lipinski definition) is 0. The molecular formula is C20H44N2. The van der Waals surface area contributed by atoms with Crippen LogP contribution in [0.15, 0.2) is 11.6 Å². The molecule has 0 spiro atoms. The van der Waals surface area contributed by atoms with Crippen molar-refractivity contribution < 1.29 is 0 Å². The van der Waals surface area contributed by atoms with Crippen LogP contribution >= 0.6 is 0 Å². The lowest BCUT2D eigenvalue weighted by Crippen LogP contribution is -2.20. The quantitative estimate of drug-likeness (QED) is 0.652. The van der Waals surface area contributed by atoms with Crippen LogP contribution in [-0.4, -0.2) is 49.6 Å². The fraction of sp³-hybridized carbons (Fsp3) is 0.900. The lowest BCUT2D eigenvalue weighted by molar-refractivity contribution is 0.362. The standard InChI is InChI=1S/C9H17N.C7H15N.2C2H6/c1-4-10-6-5-9(7-10)8(2)3;1-3-7-4-5-8(2)6-7;2*1-2/h5,8H,4,6-7H2,1-3H3;7H,3-6H2,1-2H3;2*1-2H3. The highest BCUT2D eigenvalue weighted by atomic mass is 15.1. The molecule has 2 aliphatic heterocycles. The van der Waals surface area contributed by atoms with E-state index in [0.717, 1.165) is 11.8 Å². The summed E-state index contributed by atoms with van der Waals surface area (Å²) in [5, 5.41) is 0. The minimum absolute atomic E-state index is 0.747. The second-order valence-corrected chi connectivity index (χ2v) is 6.09. The molecule has 134 valence electrons. The first kappa shape index (κ1) is 23.9. The Bertz CT molecular complexity index is 258. The summed E-state index contributed by atoms with van der Waals surface area (Å²) in [6.45, 7) is 23.2. The maximum absolute atomic E-state index is 2.45. The van der Waals surface area contributed by atoms with Gasteiger partial charge in [-0.1, -0.05) is 73.5 Å². The van der Waals surface area contributed by atoms with Gasteiger partial charge in [0.05, 0.1) is 0 Å². The topological polar surface area (TPSA) is 6.48 Å². The molecule has 0 amide bonds. The summed E-state index contributed by atoms with van der Waals surface area (Å²) >= 11 is 0. The van der Waals surface area contributed by atoms with Crippen molar-refractivity contribution in [1.29, 1.82) is 0 Å². The van der Waals surface area contributed by atoms with Crippen molar-refractivity contribution in [3.8, 4) is 0 Å². The molecule has 22 heavy (non-hydrogen) atoms. The molecule has 2 rings (SSSR count). The lowest BCUT2D eigenvalue weighted by atomic mass is 10.1. The summed E-state index contributed by atoms with van der Waals surface area (Å²) in [5.74, 6) is 1.75. The van der Waals surface area contributed by atoms with Crippen LogP contribution in [0, 0.1) is 11.8 Å². The fourth-order valence-electron chi connectivity index (χ4n) is 2.65. The highest BCUT2D eigenvalue weighted by Gasteiger charge is 2.16. The minimum atomic E-state index is 0.747. The van der Waals surface area contributed by atoms with Gasteiger partial charge in [0, 0.05) is 19.6 Å². The Kier molecular flexibility index (Phi) is 16.9. The third-order valence-electron chi connectivity index (χ3n) is 4.27. The molecule has 0 bridgehead atoms. The molecule has 0 aromatic heterocycles. The highest BCUT2D eigenvalue weighted by Crippen LogP contribution is 2.17. The van der Waals surface area contributed by atoms with Crippen molar-refractivity contribution >= 4 is 0 Å². The maximum atomic E-state index is 2.45. The van der Waals surface area contributed by atoms with Crippen molar-refractivity contribution in [3.63, 3.8) is 0 Å². The van der Waals surface area contributed by atoms with Gasteiger partial charge in [-0.15, -0.1) is 0 Å². The van der Waals surface area contributed by atoms with Gasteiger partial charge in [-0.25, -0.2) is 0 Å². The summed E-state index contributed by atoms with van der Waals surface area (Å²) in [6.07, 6.45) is 5.16. The molecule has 0 N–H and O–H groups in total. The van der Waals surface area contributed by atoms with E-state index < -0.39 is 0 Å². The average Bonchev–Trinajstić information content (AvgIpc) is 3.20. The van der Waals surface area contributed by atoms with Crippen LogP contribution in [0.1, 0.15) is 68.2 Å². The van der Waals surface area contributed by atoms with Crippen molar-refractivity contribution in [3.05, 3.63) is 11.6 Å². The van der Waals surface area contributed by atoms with Crippen LogP contribution in [0.5, 0.6) is 0 Å². The van der Waals surface area contributed by atoms with Crippen LogP contribution in [0.4, 0.5) is 0 Å². The number of nitrogens with zero attached hydrogens (tertiary/aromatic N) is 2. The van der Waals surface area contributed by atoms with Crippen molar-refractivity contribution in [1.82, 2.24) is 9.80 Å². The summed E-state index contributed by atoms with van der Waals surface area (Å²) in [5.41, 5.74) is 1.61. The second kappa shape index (κ2) is 15.6. The molecular weight excluding hydrogens is 268 g/mol. The van der Waals surface area contributed by atoms with Gasteiger partial charge in [0.2, 0.25) is 0 Å².